The molecule has 6 fully saturated rings. The lowest BCUT2D eigenvalue weighted by Crippen LogP contribution is -2.51. The number of benzene rings is 1. The first-order valence-corrected chi connectivity index (χ1v) is 23.6. The molecule has 18 nitrogen and oxygen atoms in total. The molecule has 1 aliphatic carbocycles. The number of nitrogens with one attached hydrogen (secondary N) is 2. The summed E-state index contributed by atoms with van der Waals surface area (Å²) in [5.74, 6) is -0.933. The molecular weight excluding hydrogens is 893 g/mol. The van der Waals surface area contributed by atoms with E-state index in [4.69, 9.17) is 14.5 Å². The Morgan fingerprint density at radius 1 is 1.06 bits per heavy atom. The highest BCUT2D eigenvalue weighted by Crippen LogP contribution is 2.36. The summed E-state index contributed by atoms with van der Waals surface area (Å²) < 4.78 is 77.1. The van der Waals surface area contributed by atoms with Crippen molar-refractivity contribution in [3.05, 3.63) is 64.4 Å². The van der Waals surface area contributed by atoms with Gasteiger partial charge in [-0.05, 0) is 69.1 Å². The number of aromatic nitrogens is 5. The van der Waals surface area contributed by atoms with E-state index < -0.39 is 59.7 Å². The number of piperidine rings is 2. The van der Waals surface area contributed by atoms with Crippen LogP contribution in [0.5, 0.6) is 0 Å². The van der Waals surface area contributed by atoms with E-state index in [-0.39, 0.29) is 65.7 Å². The number of alkyl halides is 3. The van der Waals surface area contributed by atoms with Crippen molar-refractivity contribution in [3.8, 4) is 0 Å². The van der Waals surface area contributed by atoms with Gasteiger partial charge in [-0.2, -0.15) is 5.10 Å². The number of carbonyl (C=O) groups excluding carboxylic acids is 3. The number of aryl methyl sites for hydroxylation is 1. The molecule has 1 aromatic carbocycles. The number of fused-ring (bicyclic) bond motifs is 4. The lowest BCUT2D eigenvalue weighted by Gasteiger charge is -2.42. The Kier molecular flexibility index (Phi) is 11.7. The molecule has 2 N–H and O–H groups in total. The number of amides is 3. The van der Waals surface area contributed by atoms with Crippen molar-refractivity contribution in [2.75, 3.05) is 62.3 Å². The van der Waals surface area contributed by atoms with Crippen LogP contribution in [0.25, 0.3) is 16.7 Å². The number of rotatable bonds is 12. The number of morpholine rings is 1. The van der Waals surface area contributed by atoms with Crippen LogP contribution < -0.4 is 26.1 Å². The third kappa shape index (κ3) is 8.26. The van der Waals surface area contributed by atoms with Crippen molar-refractivity contribution in [2.45, 2.75) is 88.3 Å². The molecule has 360 valence electrons. The number of hydrogen-bond donors (Lipinski definition) is 2. The van der Waals surface area contributed by atoms with Gasteiger partial charge in [-0.1, -0.05) is 4.68 Å². The predicted octanol–water partition coefficient (Wildman–Crippen LogP) is 3.14. The van der Waals surface area contributed by atoms with Gasteiger partial charge in [0.1, 0.15) is 34.8 Å². The smallest absolute Gasteiger partial charge is 0.329 e. The Labute approximate surface area is 387 Å². The molecule has 3 aromatic heterocycles. The van der Waals surface area contributed by atoms with Crippen LogP contribution in [-0.2, 0) is 26.1 Å². The molecule has 5 atom stereocenters. The zero-order valence-corrected chi connectivity index (χ0v) is 37.5. The summed E-state index contributed by atoms with van der Waals surface area (Å²) in [4.78, 5) is 61.8. The van der Waals surface area contributed by atoms with Crippen molar-refractivity contribution in [1.29, 1.82) is 0 Å². The summed E-state index contributed by atoms with van der Waals surface area (Å²) in [6, 6.07) is 4.39. The number of imidazole rings is 1. The molecule has 1 unspecified atom stereocenters. The average molecular weight is 946 g/mol. The molecule has 6 aliphatic heterocycles. The molecule has 68 heavy (non-hydrogen) atoms. The minimum absolute atomic E-state index is 0.0779. The summed E-state index contributed by atoms with van der Waals surface area (Å²) in [5, 5.41) is 13.3. The molecule has 5 saturated heterocycles. The van der Waals surface area contributed by atoms with Crippen LogP contribution in [0.2, 0.25) is 0 Å². The zero-order valence-electron chi connectivity index (χ0n) is 37.5. The number of likely N-dealkylation sites (tertiary alicyclic amines) is 1. The Morgan fingerprint density at radius 2 is 1.88 bits per heavy atom. The SMILES string of the molecule is Cn1c(=O)n(C2CCC(=O)NC2=O)c2ccc(N3CC(CO[C@@H]4CCN(CC5CCC(/C=[N+]6/C=C(NC(=O)c7cnn8ccc(N9C[C@H]%10C[C@@H]9CO%10)nc78)C(C(F)F)=N6)CC5)C[C@@H]4F)C3)c(F)c21. The van der Waals surface area contributed by atoms with E-state index in [9.17, 15) is 28.0 Å². The standard InChI is InChI=1S/C46H52F4N12O6/c1-56-41-34(62(46(56)66)35-8-9-38(63)54-45(35)65)7-6-33(39(41)48)58-17-27(18-58)23-68-36-10-12-57(21-31(36)47)16-25-2-4-26(5-3-25)19-59-22-32(40(55-59)42(49)50)52-44(64)30-15-51-61-13-11-37(53-43(30)61)60-20-29-14-28(60)24-67-29/h6-7,11,13,15,19,22,25-29,31,35-36,42H,2-5,8-10,12,14,16-18,20-21,23-24H2,1H3,(H-,52,54,63,64,65)/p+1/b59-19-/t25?,26?,28-,29-,31+,35?,36-/m1/s1. The van der Waals surface area contributed by atoms with Gasteiger partial charge in [0.25, 0.3) is 12.3 Å². The van der Waals surface area contributed by atoms with Crippen LogP contribution in [-0.4, -0.2) is 146 Å². The van der Waals surface area contributed by atoms with Crippen LogP contribution in [0.1, 0.15) is 67.8 Å². The maximum absolute atomic E-state index is 16.0. The van der Waals surface area contributed by atoms with Gasteiger partial charge in [0.2, 0.25) is 23.7 Å². The minimum Gasteiger partial charge on any atom is -0.375 e. The quantitative estimate of drug-likeness (QED) is 0.121. The first-order valence-electron chi connectivity index (χ1n) is 23.6. The topological polar surface area (TPSA) is 176 Å². The first-order chi connectivity index (χ1) is 32.8. The third-order valence-electron chi connectivity index (χ3n) is 14.9. The first kappa shape index (κ1) is 44.5. The van der Waals surface area contributed by atoms with Crippen molar-refractivity contribution in [1.82, 2.24) is 39.3 Å². The molecule has 22 heteroatoms. The Bertz CT molecular complexity index is 2830. The molecule has 1 saturated carbocycles. The summed E-state index contributed by atoms with van der Waals surface area (Å²) in [6.45, 7) is 4.43. The van der Waals surface area contributed by atoms with Crippen LogP contribution in [0, 0.1) is 23.6 Å². The second kappa shape index (κ2) is 17.8. The van der Waals surface area contributed by atoms with Crippen molar-refractivity contribution in [3.63, 3.8) is 0 Å². The Hall–Kier alpha value is -6.00. The summed E-state index contributed by atoms with van der Waals surface area (Å²) >= 11 is 0. The lowest BCUT2D eigenvalue weighted by molar-refractivity contribution is -0.456. The lowest BCUT2D eigenvalue weighted by atomic mass is 9.82. The Balaban J connectivity index is 0.635. The maximum atomic E-state index is 16.0. The van der Waals surface area contributed by atoms with Gasteiger partial charge in [-0.3, -0.25) is 33.7 Å². The fraction of sp³-hybridized carbons (Fsp3) is 0.565. The van der Waals surface area contributed by atoms with Crippen molar-refractivity contribution in [2.24, 2.45) is 29.9 Å². The molecule has 9 heterocycles. The van der Waals surface area contributed by atoms with E-state index in [0.29, 0.717) is 68.9 Å². The second-order valence-electron chi connectivity index (χ2n) is 19.4. The number of anilines is 2. The number of hydrogen-bond acceptors (Lipinski definition) is 12. The highest BCUT2D eigenvalue weighted by Gasteiger charge is 2.41. The van der Waals surface area contributed by atoms with E-state index in [0.717, 1.165) is 38.6 Å². The molecule has 0 radical (unpaired) electrons. The summed E-state index contributed by atoms with van der Waals surface area (Å²) in [7, 11) is 1.46. The van der Waals surface area contributed by atoms with E-state index in [2.05, 4.69) is 30.6 Å². The minimum atomic E-state index is -2.91. The third-order valence-corrected chi connectivity index (χ3v) is 14.9. The number of halogens is 4. The molecule has 7 aliphatic rings. The number of carbonyl (C=O) groups is 3. The van der Waals surface area contributed by atoms with Crippen LogP contribution in [0.15, 0.2) is 52.4 Å². The van der Waals surface area contributed by atoms with Gasteiger partial charge in [-0.25, -0.2) is 31.9 Å². The van der Waals surface area contributed by atoms with Crippen LogP contribution >= 0.6 is 0 Å². The van der Waals surface area contributed by atoms with Gasteiger partial charge < -0.3 is 24.6 Å². The number of hydrazone groups is 1. The monoisotopic (exact) mass is 945 g/mol. The van der Waals surface area contributed by atoms with E-state index >= 15 is 8.78 Å². The zero-order chi connectivity index (χ0) is 47.0. The average Bonchev–Trinajstić information content (AvgIpc) is 4.15. The molecular formula is C46H53F4N12O6+. The number of imide groups is 1. The summed E-state index contributed by atoms with van der Waals surface area (Å²) in [6.07, 6.45) is 7.07. The van der Waals surface area contributed by atoms with Crippen molar-refractivity contribution < 1.29 is 46.1 Å². The van der Waals surface area contributed by atoms with Gasteiger partial charge in [0, 0.05) is 75.9 Å². The number of ether oxygens (including phenoxy) is 2. The van der Waals surface area contributed by atoms with Gasteiger partial charge in [0.15, 0.2) is 17.7 Å². The maximum Gasteiger partial charge on any atom is 0.329 e. The molecule has 0 spiro atoms. The van der Waals surface area contributed by atoms with Crippen LogP contribution in [0.4, 0.5) is 29.1 Å². The van der Waals surface area contributed by atoms with E-state index in [1.54, 1.807) is 18.3 Å². The van der Waals surface area contributed by atoms with E-state index in [1.165, 1.54) is 37.8 Å². The molecule has 3 amide bonds. The molecule has 11 rings (SSSR count). The fourth-order valence-corrected chi connectivity index (χ4v) is 11.2. The highest BCUT2D eigenvalue weighted by molar-refractivity contribution is 6.09. The van der Waals surface area contributed by atoms with Gasteiger partial charge in [-0.15, -0.1) is 0 Å². The fourth-order valence-electron chi connectivity index (χ4n) is 11.2. The normalized spacial score (nSPS) is 28.6. The summed E-state index contributed by atoms with van der Waals surface area (Å²) in [5.41, 5.74) is 0.0384. The Morgan fingerprint density at radius 3 is 2.62 bits per heavy atom. The number of nitrogens with zero attached hydrogens (tertiary/aromatic N) is 10. The van der Waals surface area contributed by atoms with E-state index in [1.807, 2.05) is 17.2 Å². The number of allylic oxidation sites excluding steroid dienone is 1. The van der Waals surface area contributed by atoms with Gasteiger partial charge in [0.05, 0.1) is 48.9 Å². The highest BCUT2D eigenvalue weighted by atomic mass is 19.3. The largest absolute Gasteiger partial charge is 0.375 e. The predicted molar refractivity (Wildman–Crippen MR) is 239 cm³/mol. The molecule has 4 aromatic rings. The molecule has 2 bridgehead atoms. The van der Waals surface area contributed by atoms with Gasteiger partial charge >= 0.3 is 5.69 Å². The van der Waals surface area contributed by atoms with Crippen molar-refractivity contribution >= 4 is 57.8 Å². The van der Waals surface area contributed by atoms with Crippen LogP contribution in [0.3, 0.4) is 0 Å². The second-order valence-corrected chi connectivity index (χ2v) is 19.4.